The Morgan fingerprint density at radius 2 is 1.58 bits per heavy atom. The zero-order valence-electron chi connectivity index (χ0n) is 17.5. The van der Waals surface area contributed by atoms with Crippen LogP contribution in [0.3, 0.4) is 0 Å². The molecule has 0 amide bonds. The van der Waals surface area contributed by atoms with Gasteiger partial charge in [-0.3, -0.25) is 0 Å². The molecule has 2 aliphatic rings. The van der Waals surface area contributed by atoms with Crippen LogP contribution >= 0.6 is 6.89 Å². The molecule has 0 radical (unpaired) electrons. The minimum atomic E-state index is -1.47. The molecule has 1 atom stereocenters. The summed E-state index contributed by atoms with van der Waals surface area (Å²) in [6, 6.07) is 0. The van der Waals surface area contributed by atoms with Crippen molar-refractivity contribution in [3.05, 3.63) is 71.9 Å². The molecule has 1 heteroatoms. The molecule has 0 aromatic heterocycles. The Bertz CT molecular complexity index is 715. The SMILES string of the molecule is C=P(CC1=CC=CCC=C1)(CC1=CC=CC(C)(C)C=C1)C(C)(CC)CC. The molecular weight excluding hydrogens is 331 g/mol. The van der Waals surface area contributed by atoms with E-state index in [9.17, 15) is 0 Å². The molecule has 1 unspecified atom stereocenters. The number of rotatable bonds is 7. The highest BCUT2D eigenvalue weighted by Crippen LogP contribution is 2.62. The second kappa shape index (κ2) is 8.62. The average Bonchev–Trinajstić information content (AvgIpc) is 2.95. The second-order valence-corrected chi connectivity index (χ2v) is 12.7. The largest absolute Gasteiger partial charge is 0.0995 e. The standard InChI is InChI=1S/C25H37P/c1-7-25(5,8-2)26(6,20-22-14-11-9-10-12-15-22)21-23-16-13-18-24(3,4)19-17-23/h9,11-19H,6-8,10,20-21H2,1-5H3. The van der Waals surface area contributed by atoms with Crippen molar-refractivity contribution in [2.75, 3.05) is 12.3 Å². The van der Waals surface area contributed by atoms with Gasteiger partial charge < -0.3 is 0 Å². The Kier molecular flexibility index (Phi) is 6.98. The highest BCUT2D eigenvalue weighted by Gasteiger charge is 2.35. The van der Waals surface area contributed by atoms with Crippen LogP contribution in [0.2, 0.25) is 0 Å². The first-order valence-electron chi connectivity index (χ1n) is 10.0. The molecule has 0 spiro atoms. The van der Waals surface area contributed by atoms with E-state index in [1.54, 1.807) is 0 Å². The van der Waals surface area contributed by atoms with Gasteiger partial charge in [-0.05, 0) is 47.9 Å². The molecule has 26 heavy (non-hydrogen) atoms. The normalized spacial score (nSPS) is 21.6. The molecule has 0 fully saturated rings. The topological polar surface area (TPSA) is 0 Å². The van der Waals surface area contributed by atoms with Gasteiger partial charge in [0.15, 0.2) is 0 Å². The van der Waals surface area contributed by atoms with Crippen molar-refractivity contribution in [3.8, 4) is 0 Å². The molecule has 0 bridgehead atoms. The van der Waals surface area contributed by atoms with Crippen molar-refractivity contribution in [2.24, 2.45) is 5.41 Å². The maximum absolute atomic E-state index is 4.98. The fourth-order valence-electron chi connectivity index (χ4n) is 3.74. The third-order valence-corrected chi connectivity index (χ3v) is 11.1. The van der Waals surface area contributed by atoms with Crippen molar-refractivity contribution >= 4 is 13.2 Å². The van der Waals surface area contributed by atoms with E-state index in [1.807, 2.05) is 0 Å². The number of allylic oxidation sites excluding steroid dienone is 12. The van der Waals surface area contributed by atoms with Crippen LogP contribution in [0, 0.1) is 5.41 Å². The van der Waals surface area contributed by atoms with E-state index in [2.05, 4.69) is 95.4 Å². The molecule has 0 heterocycles. The lowest BCUT2D eigenvalue weighted by Crippen LogP contribution is -2.27. The minimum Gasteiger partial charge on any atom is -0.0995 e. The van der Waals surface area contributed by atoms with Crippen LogP contribution in [0.25, 0.3) is 0 Å². The van der Waals surface area contributed by atoms with Crippen molar-refractivity contribution in [1.29, 1.82) is 0 Å². The maximum atomic E-state index is 4.98. The van der Waals surface area contributed by atoms with Crippen molar-refractivity contribution in [1.82, 2.24) is 0 Å². The van der Waals surface area contributed by atoms with Crippen LogP contribution < -0.4 is 0 Å². The molecule has 0 aromatic rings. The quantitative estimate of drug-likeness (QED) is 0.407. The summed E-state index contributed by atoms with van der Waals surface area (Å²) in [5.74, 6) is 0. The van der Waals surface area contributed by atoms with Gasteiger partial charge in [-0.2, -0.15) is 0 Å². The highest BCUT2D eigenvalue weighted by molar-refractivity contribution is 7.75. The molecule has 142 valence electrons. The number of hydrogen-bond donors (Lipinski definition) is 0. The minimum absolute atomic E-state index is 0.136. The summed E-state index contributed by atoms with van der Waals surface area (Å²) >= 11 is 0. The van der Waals surface area contributed by atoms with E-state index < -0.39 is 6.89 Å². The van der Waals surface area contributed by atoms with E-state index in [4.69, 9.17) is 6.30 Å². The summed E-state index contributed by atoms with van der Waals surface area (Å²) in [6.45, 7) is 10.2. The van der Waals surface area contributed by atoms with Crippen LogP contribution in [-0.2, 0) is 0 Å². The third kappa shape index (κ3) is 5.14. The fourth-order valence-corrected chi connectivity index (χ4v) is 7.78. The molecule has 0 aliphatic heterocycles. The van der Waals surface area contributed by atoms with Gasteiger partial charge in [-0.1, -0.05) is 109 Å². The van der Waals surface area contributed by atoms with Crippen LogP contribution in [-0.4, -0.2) is 23.8 Å². The summed E-state index contributed by atoms with van der Waals surface area (Å²) in [7, 11) is 0. The van der Waals surface area contributed by atoms with Crippen LogP contribution in [0.1, 0.15) is 53.9 Å². The van der Waals surface area contributed by atoms with Gasteiger partial charge in [0.25, 0.3) is 0 Å². The van der Waals surface area contributed by atoms with Crippen LogP contribution in [0.15, 0.2) is 71.9 Å². The first-order chi connectivity index (χ1) is 12.2. The zero-order valence-corrected chi connectivity index (χ0v) is 18.4. The third-order valence-electron chi connectivity index (χ3n) is 6.25. The Balaban J connectivity index is 2.37. The lowest BCUT2D eigenvalue weighted by molar-refractivity contribution is 0.584. The lowest BCUT2D eigenvalue weighted by Gasteiger charge is -2.43. The molecule has 2 aliphatic carbocycles. The van der Waals surface area contributed by atoms with E-state index in [-0.39, 0.29) is 5.41 Å². The highest BCUT2D eigenvalue weighted by atomic mass is 31.2. The van der Waals surface area contributed by atoms with Gasteiger partial charge >= 0.3 is 0 Å². The summed E-state index contributed by atoms with van der Waals surface area (Å²) in [4.78, 5) is 0. The Labute approximate surface area is 162 Å². The molecule has 2 rings (SSSR count). The number of hydrogen-bond acceptors (Lipinski definition) is 0. The maximum Gasteiger partial charge on any atom is 0.00107 e. The molecule has 0 nitrogen and oxygen atoms in total. The summed E-state index contributed by atoms with van der Waals surface area (Å²) in [5.41, 5.74) is 3.03. The molecule has 0 N–H and O–H groups in total. The van der Waals surface area contributed by atoms with Gasteiger partial charge in [0.2, 0.25) is 0 Å². The molecule has 0 aromatic carbocycles. The average molecular weight is 369 g/mol. The van der Waals surface area contributed by atoms with Crippen LogP contribution in [0.5, 0.6) is 0 Å². The van der Waals surface area contributed by atoms with Crippen molar-refractivity contribution < 1.29 is 0 Å². The smallest absolute Gasteiger partial charge is 0.00107 e. The first-order valence-corrected chi connectivity index (χ1v) is 12.4. The van der Waals surface area contributed by atoms with Gasteiger partial charge in [0, 0.05) is 5.41 Å². The summed E-state index contributed by atoms with van der Waals surface area (Å²) in [5, 5.41) is 0.317. The monoisotopic (exact) mass is 368 g/mol. The summed E-state index contributed by atoms with van der Waals surface area (Å²) in [6.07, 6.45) is 33.6. The zero-order chi connectivity index (χ0) is 19.3. The Hall–Kier alpha value is -1.26. The lowest BCUT2D eigenvalue weighted by atomic mass is 9.93. The fraction of sp³-hybridized carbons (Fsp3) is 0.480. The van der Waals surface area contributed by atoms with E-state index in [0.29, 0.717) is 5.16 Å². The first kappa shape index (κ1) is 21.0. The molecule has 0 saturated heterocycles. The van der Waals surface area contributed by atoms with Gasteiger partial charge in [-0.25, -0.2) is 0 Å². The van der Waals surface area contributed by atoms with E-state index in [0.717, 1.165) is 18.7 Å². The predicted molar refractivity (Wildman–Crippen MR) is 124 cm³/mol. The van der Waals surface area contributed by atoms with Crippen molar-refractivity contribution in [2.45, 2.75) is 59.0 Å². The predicted octanol–water partition coefficient (Wildman–Crippen LogP) is 7.54. The van der Waals surface area contributed by atoms with Gasteiger partial charge in [0.05, 0.1) is 0 Å². The van der Waals surface area contributed by atoms with Gasteiger partial charge in [-0.15, -0.1) is 0 Å². The Morgan fingerprint density at radius 1 is 0.962 bits per heavy atom. The van der Waals surface area contributed by atoms with Crippen molar-refractivity contribution in [3.63, 3.8) is 0 Å². The molecule has 0 saturated carbocycles. The molecular formula is C25H37P. The van der Waals surface area contributed by atoms with E-state index in [1.165, 1.54) is 24.0 Å². The van der Waals surface area contributed by atoms with Crippen LogP contribution in [0.4, 0.5) is 0 Å². The van der Waals surface area contributed by atoms with E-state index >= 15 is 0 Å². The summed E-state index contributed by atoms with van der Waals surface area (Å²) < 4.78 is 0. The second-order valence-electron chi connectivity index (χ2n) is 8.73. The van der Waals surface area contributed by atoms with Gasteiger partial charge in [0.1, 0.15) is 0 Å². The Morgan fingerprint density at radius 3 is 2.23 bits per heavy atom.